The lowest BCUT2D eigenvalue weighted by molar-refractivity contribution is -0.160. The van der Waals surface area contributed by atoms with Crippen LogP contribution in [0.3, 0.4) is 0 Å². The molecule has 1 amide bonds. The predicted molar refractivity (Wildman–Crippen MR) is 116 cm³/mol. The van der Waals surface area contributed by atoms with E-state index in [0.29, 0.717) is 32.2 Å². The van der Waals surface area contributed by atoms with Crippen LogP contribution >= 0.6 is 0 Å². The van der Waals surface area contributed by atoms with Crippen LogP contribution in [0.15, 0.2) is 42.5 Å². The van der Waals surface area contributed by atoms with Crippen LogP contribution in [0.25, 0.3) is 0 Å². The number of benzene rings is 2. The molecule has 0 aromatic heterocycles. The Hall–Kier alpha value is -2.96. The van der Waals surface area contributed by atoms with Crippen molar-refractivity contribution in [3.05, 3.63) is 65.2 Å². The maximum atomic E-state index is 14.4. The molecule has 7 heteroatoms. The number of methoxy groups -OCH3 is 1. The molecule has 1 fully saturated rings. The smallest absolute Gasteiger partial charge is 0.314 e. The van der Waals surface area contributed by atoms with Crippen molar-refractivity contribution >= 4 is 11.9 Å². The van der Waals surface area contributed by atoms with Crippen molar-refractivity contribution in [2.75, 3.05) is 26.8 Å². The van der Waals surface area contributed by atoms with E-state index >= 15 is 0 Å². The number of amides is 1. The number of carbonyl (C=O) groups excluding carboxylic acids is 2. The monoisotopic (exact) mass is 445 g/mol. The Balaban J connectivity index is 1.73. The van der Waals surface area contributed by atoms with Gasteiger partial charge in [-0.2, -0.15) is 0 Å². The summed E-state index contributed by atoms with van der Waals surface area (Å²) in [6, 6.07) is 10.9. The molecule has 172 valence electrons. The minimum absolute atomic E-state index is 0.0558. The summed E-state index contributed by atoms with van der Waals surface area (Å²) in [4.78, 5) is 27.6. The molecule has 0 radical (unpaired) electrons. The highest BCUT2D eigenvalue weighted by molar-refractivity contribution is 5.81. The molecule has 1 saturated heterocycles. The molecule has 0 bridgehead atoms. The highest BCUT2D eigenvalue weighted by atomic mass is 19.1. The van der Waals surface area contributed by atoms with Crippen molar-refractivity contribution in [1.29, 1.82) is 0 Å². The van der Waals surface area contributed by atoms with Crippen LogP contribution in [-0.4, -0.2) is 43.6 Å². The summed E-state index contributed by atoms with van der Waals surface area (Å²) < 4.78 is 38.2. The zero-order valence-electron chi connectivity index (χ0n) is 18.5. The number of piperidine rings is 1. The lowest BCUT2D eigenvalue weighted by Gasteiger charge is -2.41. The summed E-state index contributed by atoms with van der Waals surface area (Å²) >= 11 is 0. The lowest BCUT2D eigenvalue weighted by Crippen LogP contribution is -2.51. The number of hydrogen-bond acceptors (Lipinski definition) is 4. The Morgan fingerprint density at radius 3 is 2.53 bits per heavy atom. The maximum Gasteiger partial charge on any atom is 0.314 e. The van der Waals surface area contributed by atoms with E-state index in [1.165, 1.54) is 12.1 Å². The van der Waals surface area contributed by atoms with Gasteiger partial charge in [0.15, 0.2) is 0 Å². The summed E-state index contributed by atoms with van der Waals surface area (Å²) in [5.74, 6) is -1.12. The lowest BCUT2D eigenvalue weighted by atomic mass is 9.74. The fourth-order valence-corrected chi connectivity index (χ4v) is 4.24. The van der Waals surface area contributed by atoms with Gasteiger partial charge in [-0.3, -0.25) is 9.59 Å². The number of halogens is 2. The Labute approximate surface area is 187 Å². The van der Waals surface area contributed by atoms with Gasteiger partial charge >= 0.3 is 5.97 Å². The summed E-state index contributed by atoms with van der Waals surface area (Å²) in [6.45, 7) is 2.60. The predicted octanol–water partition coefficient (Wildman–Crippen LogP) is 4.32. The normalized spacial score (nSPS) is 18.3. The highest BCUT2D eigenvalue weighted by Crippen LogP contribution is 2.36. The molecule has 0 N–H and O–H groups in total. The minimum Gasteiger partial charge on any atom is -0.497 e. The van der Waals surface area contributed by atoms with Gasteiger partial charge in [0.1, 0.15) is 17.4 Å². The van der Waals surface area contributed by atoms with Gasteiger partial charge in [-0.15, -0.1) is 0 Å². The zero-order valence-corrected chi connectivity index (χ0v) is 18.5. The Bertz CT molecular complexity index is 947. The van der Waals surface area contributed by atoms with E-state index in [9.17, 15) is 18.4 Å². The molecular formula is C25H29F2NO4. The van der Waals surface area contributed by atoms with Crippen LogP contribution in [0, 0.1) is 17.0 Å². The SMILES string of the molecule is CCOC(=O)[C@]1(Cc2ccc(F)cc2F)CCCN(C(=O)CCc2ccc(OC)cc2)C1. The van der Waals surface area contributed by atoms with Crippen LogP contribution in [0.2, 0.25) is 0 Å². The summed E-state index contributed by atoms with van der Waals surface area (Å²) in [7, 11) is 1.60. The number of ether oxygens (including phenoxy) is 2. The molecule has 32 heavy (non-hydrogen) atoms. The zero-order chi connectivity index (χ0) is 23.1. The van der Waals surface area contributed by atoms with Crippen molar-refractivity contribution in [3.63, 3.8) is 0 Å². The van der Waals surface area contributed by atoms with E-state index < -0.39 is 23.0 Å². The van der Waals surface area contributed by atoms with Gasteiger partial charge in [-0.1, -0.05) is 18.2 Å². The van der Waals surface area contributed by atoms with E-state index in [1.807, 2.05) is 24.3 Å². The fourth-order valence-electron chi connectivity index (χ4n) is 4.24. The number of carbonyl (C=O) groups is 2. The first-order valence-corrected chi connectivity index (χ1v) is 10.9. The molecule has 1 atom stereocenters. The molecule has 1 heterocycles. The fraction of sp³-hybridized carbons (Fsp3) is 0.440. The van der Waals surface area contributed by atoms with Gasteiger partial charge in [0, 0.05) is 25.6 Å². The van der Waals surface area contributed by atoms with Gasteiger partial charge in [-0.05, 0) is 61.9 Å². The summed E-state index contributed by atoms with van der Waals surface area (Å²) in [5, 5.41) is 0. The number of aryl methyl sites for hydroxylation is 1. The topological polar surface area (TPSA) is 55.8 Å². The molecule has 5 nitrogen and oxygen atoms in total. The number of rotatable bonds is 8. The van der Waals surface area contributed by atoms with Crippen LogP contribution in [0.5, 0.6) is 5.75 Å². The quantitative estimate of drug-likeness (QED) is 0.568. The molecule has 0 unspecified atom stereocenters. The Morgan fingerprint density at radius 1 is 1.12 bits per heavy atom. The second kappa shape index (κ2) is 10.6. The van der Waals surface area contributed by atoms with Crippen LogP contribution in [-0.2, 0) is 27.2 Å². The number of likely N-dealkylation sites (tertiary alicyclic amines) is 1. The Kier molecular flexibility index (Phi) is 7.83. The van der Waals surface area contributed by atoms with Gasteiger partial charge in [0.2, 0.25) is 5.91 Å². The summed E-state index contributed by atoms with van der Waals surface area (Å²) in [6.07, 6.45) is 2.01. The standard InChI is InChI=1S/C25H29F2NO4/c1-3-32-24(30)25(16-19-8-9-20(26)15-22(19)27)13-4-14-28(17-25)23(29)12-7-18-5-10-21(31-2)11-6-18/h5-6,8-11,15H,3-4,7,12-14,16-17H2,1-2H3/t25-/m0/s1. The highest BCUT2D eigenvalue weighted by Gasteiger charge is 2.45. The third-order valence-electron chi connectivity index (χ3n) is 5.97. The molecule has 0 aliphatic carbocycles. The average molecular weight is 446 g/mol. The van der Waals surface area contributed by atoms with E-state index in [4.69, 9.17) is 9.47 Å². The number of esters is 1. The van der Waals surface area contributed by atoms with Crippen molar-refractivity contribution in [2.45, 2.75) is 39.0 Å². The molecule has 2 aromatic carbocycles. The molecule has 1 aliphatic heterocycles. The minimum atomic E-state index is -1.05. The number of nitrogens with zero attached hydrogens (tertiary/aromatic N) is 1. The first-order valence-electron chi connectivity index (χ1n) is 10.9. The molecular weight excluding hydrogens is 416 g/mol. The van der Waals surface area contributed by atoms with Crippen LogP contribution in [0.4, 0.5) is 8.78 Å². The van der Waals surface area contributed by atoms with Crippen molar-refractivity contribution < 1.29 is 27.8 Å². The Morgan fingerprint density at radius 2 is 1.88 bits per heavy atom. The molecule has 0 spiro atoms. The summed E-state index contributed by atoms with van der Waals surface area (Å²) in [5.41, 5.74) is 0.205. The van der Waals surface area contributed by atoms with Gasteiger partial charge in [0.05, 0.1) is 19.1 Å². The molecule has 3 rings (SSSR count). The van der Waals surface area contributed by atoms with Gasteiger partial charge in [-0.25, -0.2) is 8.78 Å². The van der Waals surface area contributed by atoms with E-state index in [2.05, 4.69) is 0 Å². The first kappa shape index (κ1) is 23.7. The average Bonchev–Trinajstić information content (AvgIpc) is 2.80. The van der Waals surface area contributed by atoms with Crippen LogP contribution < -0.4 is 4.74 Å². The third-order valence-corrected chi connectivity index (χ3v) is 5.97. The van der Waals surface area contributed by atoms with Crippen LogP contribution in [0.1, 0.15) is 37.3 Å². The second-order valence-electron chi connectivity index (χ2n) is 8.18. The largest absolute Gasteiger partial charge is 0.497 e. The van der Waals surface area contributed by atoms with E-state index in [1.54, 1.807) is 18.9 Å². The van der Waals surface area contributed by atoms with Gasteiger partial charge < -0.3 is 14.4 Å². The van der Waals surface area contributed by atoms with E-state index in [-0.39, 0.29) is 31.0 Å². The first-order chi connectivity index (χ1) is 15.4. The third kappa shape index (κ3) is 5.64. The molecule has 2 aromatic rings. The van der Waals surface area contributed by atoms with Crippen molar-refractivity contribution in [2.24, 2.45) is 5.41 Å². The second-order valence-corrected chi connectivity index (χ2v) is 8.18. The van der Waals surface area contributed by atoms with E-state index in [0.717, 1.165) is 17.4 Å². The van der Waals surface area contributed by atoms with Crippen molar-refractivity contribution in [3.8, 4) is 5.75 Å². The van der Waals surface area contributed by atoms with Crippen molar-refractivity contribution in [1.82, 2.24) is 4.90 Å². The molecule has 0 saturated carbocycles. The number of hydrogen-bond donors (Lipinski definition) is 0. The molecule has 1 aliphatic rings. The van der Waals surface area contributed by atoms with Gasteiger partial charge in [0.25, 0.3) is 0 Å². The maximum absolute atomic E-state index is 14.4.